The van der Waals surface area contributed by atoms with Crippen molar-refractivity contribution in [2.75, 3.05) is 11.5 Å². The number of benzene rings is 1. The number of anilines is 1. The van der Waals surface area contributed by atoms with Crippen molar-refractivity contribution in [2.45, 2.75) is 11.8 Å². The van der Waals surface area contributed by atoms with Crippen molar-refractivity contribution >= 4 is 17.4 Å². The molecular formula is C10H13NS. The quantitative estimate of drug-likeness (QED) is 0.438. The molecule has 0 bridgehead atoms. The molecule has 2 N–H and O–H groups in total. The van der Waals surface area contributed by atoms with E-state index in [4.69, 9.17) is 5.73 Å². The number of nitrogens with two attached hydrogens (primary N) is 1. The zero-order valence-electron chi connectivity index (χ0n) is 7.21. The molecule has 1 nitrogen and oxygen atoms in total. The highest BCUT2D eigenvalue weighted by Crippen LogP contribution is 2.20. The van der Waals surface area contributed by atoms with Gasteiger partial charge in [-0.25, -0.2) is 0 Å². The van der Waals surface area contributed by atoms with Gasteiger partial charge in [0.05, 0.1) is 0 Å². The Morgan fingerprint density at radius 2 is 2.00 bits per heavy atom. The maximum atomic E-state index is 5.56. The van der Waals surface area contributed by atoms with Crippen LogP contribution in [-0.4, -0.2) is 5.75 Å². The van der Waals surface area contributed by atoms with Crippen LogP contribution in [-0.2, 0) is 0 Å². The van der Waals surface area contributed by atoms with Crippen LogP contribution >= 0.6 is 11.8 Å². The van der Waals surface area contributed by atoms with E-state index in [-0.39, 0.29) is 0 Å². The van der Waals surface area contributed by atoms with Crippen molar-refractivity contribution in [3.8, 4) is 0 Å². The van der Waals surface area contributed by atoms with Crippen LogP contribution in [0.25, 0.3) is 0 Å². The van der Waals surface area contributed by atoms with Crippen LogP contribution in [0.2, 0.25) is 0 Å². The smallest absolute Gasteiger partial charge is 0.0314 e. The largest absolute Gasteiger partial charge is 0.399 e. The minimum atomic E-state index is 0.815. The van der Waals surface area contributed by atoms with E-state index in [1.54, 1.807) is 11.8 Å². The summed E-state index contributed by atoms with van der Waals surface area (Å²) < 4.78 is 0. The monoisotopic (exact) mass is 179 g/mol. The van der Waals surface area contributed by atoms with E-state index in [1.807, 2.05) is 31.2 Å². The second kappa shape index (κ2) is 4.21. The van der Waals surface area contributed by atoms with Crippen molar-refractivity contribution in [2.24, 2.45) is 0 Å². The first-order valence-electron chi connectivity index (χ1n) is 3.81. The summed E-state index contributed by atoms with van der Waals surface area (Å²) in [6, 6.07) is 7.90. The third-order valence-electron chi connectivity index (χ3n) is 1.37. The molecule has 0 aromatic heterocycles. The summed E-state index contributed by atoms with van der Waals surface area (Å²) in [5.74, 6) is 0.976. The number of hydrogen-bond acceptors (Lipinski definition) is 2. The Labute approximate surface area is 77.7 Å². The molecule has 1 rings (SSSR count). The molecule has 12 heavy (non-hydrogen) atoms. The van der Waals surface area contributed by atoms with Crippen LogP contribution in [0.1, 0.15) is 6.92 Å². The lowest BCUT2D eigenvalue weighted by Crippen LogP contribution is -1.83. The van der Waals surface area contributed by atoms with Gasteiger partial charge < -0.3 is 5.73 Å². The summed E-state index contributed by atoms with van der Waals surface area (Å²) in [4.78, 5) is 1.24. The fourth-order valence-electron chi connectivity index (χ4n) is 0.771. The normalized spacial score (nSPS) is 9.75. The number of hydrogen-bond donors (Lipinski definition) is 1. The third kappa shape index (κ3) is 3.01. The van der Waals surface area contributed by atoms with Crippen molar-refractivity contribution in [1.29, 1.82) is 0 Å². The standard InChI is InChI=1S/C10H13NS/c1-8(2)7-12-10-5-3-9(11)4-6-10/h3-6H,1,7,11H2,2H3. The van der Waals surface area contributed by atoms with Crippen LogP contribution in [0.3, 0.4) is 0 Å². The maximum absolute atomic E-state index is 5.56. The Kier molecular flexibility index (Phi) is 3.23. The first-order chi connectivity index (χ1) is 5.68. The second-order valence-electron chi connectivity index (χ2n) is 2.81. The zero-order chi connectivity index (χ0) is 8.97. The maximum Gasteiger partial charge on any atom is 0.0314 e. The summed E-state index contributed by atoms with van der Waals surface area (Å²) in [5, 5.41) is 0. The van der Waals surface area contributed by atoms with E-state index in [1.165, 1.54) is 10.5 Å². The van der Waals surface area contributed by atoms with Crippen molar-refractivity contribution < 1.29 is 0 Å². The van der Waals surface area contributed by atoms with E-state index >= 15 is 0 Å². The topological polar surface area (TPSA) is 26.0 Å². The number of thioether (sulfide) groups is 1. The lowest BCUT2D eigenvalue weighted by atomic mass is 10.3. The molecule has 0 aliphatic carbocycles. The summed E-state index contributed by atoms with van der Waals surface area (Å²) in [6.45, 7) is 5.87. The third-order valence-corrected chi connectivity index (χ3v) is 2.61. The SMILES string of the molecule is C=C(C)CSc1ccc(N)cc1. The van der Waals surface area contributed by atoms with Gasteiger partial charge in [-0.15, -0.1) is 11.8 Å². The molecule has 2 heteroatoms. The molecule has 64 valence electrons. The predicted octanol–water partition coefficient (Wildman–Crippen LogP) is 2.94. The van der Waals surface area contributed by atoms with E-state index in [9.17, 15) is 0 Å². The van der Waals surface area contributed by atoms with Crippen LogP contribution in [0, 0.1) is 0 Å². The molecule has 0 fully saturated rings. The van der Waals surface area contributed by atoms with E-state index < -0.39 is 0 Å². The lowest BCUT2D eigenvalue weighted by molar-refractivity contribution is 1.40. The minimum Gasteiger partial charge on any atom is -0.399 e. The first-order valence-corrected chi connectivity index (χ1v) is 4.80. The Hall–Kier alpha value is -0.890. The number of rotatable bonds is 3. The molecule has 1 aromatic carbocycles. The predicted molar refractivity (Wildman–Crippen MR) is 56.4 cm³/mol. The average Bonchev–Trinajstić information content (AvgIpc) is 2.03. The lowest BCUT2D eigenvalue weighted by Gasteiger charge is -2.00. The highest BCUT2D eigenvalue weighted by Gasteiger charge is 1.92. The van der Waals surface area contributed by atoms with E-state index in [0.717, 1.165) is 11.4 Å². The zero-order valence-corrected chi connectivity index (χ0v) is 8.03. The van der Waals surface area contributed by atoms with Gasteiger partial charge in [-0.3, -0.25) is 0 Å². The molecule has 0 atom stereocenters. The van der Waals surface area contributed by atoms with Crippen molar-refractivity contribution in [3.05, 3.63) is 36.4 Å². The molecule has 0 saturated carbocycles. The fourth-order valence-corrected chi connectivity index (χ4v) is 1.51. The van der Waals surface area contributed by atoms with Gasteiger partial charge >= 0.3 is 0 Å². The molecule has 1 aromatic rings. The highest BCUT2D eigenvalue weighted by molar-refractivity contribution is 7.99. The van der Waals surface area contributed by atoms with Gasteiger partial charge in [-0.05, 0) is 31.2 Å². The van der Waals surface area contributed by atoms with Gasteiger partial charge in [-0.2, -0.15) is 0 Å². The Morgan fingerprint density at radius 3 is 2.50 bits per heavy atom. The average molecular weight is 179 g/mol. The Balaban J connectivity index is 2.53. The van der Waals surface area contributed by atoms with Crippen LogP contribution in [0.15, 0.2) is 41.3 Å². The molecule has 0 spiro atoms. The van der Waals surface area contributed by atoms with Crippen molar-refractivity contribution in [3.63, 3.8) is 0 Å². The van der Waals surface area contributed by atoms with Crippen LogP contribution < -0.4 is 5.73 Å². The molecular weight excluding hydrogens is 166 g/mol. The van der Waals surface area contributed by atoms with Crippen molar-refractivity contribution in [1.82, 2.24) is 0 Å². The molecule has 0 amide bonds. The van der Waals surface area contributed by atoms with Gasteiger partial charge in [0.2, 0.25) is 0 Å². The van der Waals surface area contributed by atoms with E-state index in [2.05, 4.69) is 6.58 Å². The van der Waals surface area contributed by atoms with E-state index in [0.29, 0.717) is 0 Å². The minimum absolute atomic E-state index is 0.815. The van der Waals surface area contributed by atoms with Gasteiger partial charge in [-0.1, -0.05) is 12.2 Å². The first kappa shape index (κ1) is 9.20. The van der Waals surface area contributed by atoms with Crippen LogP contribution in [0.4, 0.5) is 5.69 Å². The Morgan fingerprint density at radius 1 is 1.42 bits per heavy atom. The van der Waals surface area contributed by atoms with Gasteiger partial charge in [0.25, 0.3) is 0 Å². The van der Waals surface area contributed by atoms with Gasteiger partial charge in [0, 0.05) is 16.3 Å². The summed E-state index contributed by atoms with van der Waals surface area (Å²) in [7, 11) is 0. The van der Waals surface area contributed by atoms with Crippen LogP contribution in [0.5, 0.6) is 0 Å². The summed E-state index contributed by atoms with van der Waals surface area (Å²) in [6.07, 6.45) is 0. The molecule has 0 aliphatic heterocycles. The Bertz CT molecular complexity index is 264. The summed E-state index contributed by atoms with van der Waals surface area (Å²) >= 11 is 1.78. The highest BCUT2D eigenvalue weighted by atomic mass is 32.2. The molecule has 0 saturated heterocycles. The molecule has 0 heterocycles. The number of nitrogen functional groups attached to an aromatic ring is 1. The van der Waals surface area contributed by atoms with Gasteiger partial charge in [0.1, 0.15) is 0 Å². The molecule has 0 unspecified atom stereocenters. The molecule has 0 radical (unpaired) electrons. The molecule has 0 aliphatic rings. The second-order valence-corrected chi connectivity index (χ2v) is 3.86. The summed E-state index contributed by atoms with van der Waals surface area (Å²) in [5.41, 5.74) is 7.56. The van der Waals surface area contributed by atoms with Gasteiger partial charge in [0.15, 0.2) is 0 Å². The fraction of sp³-hybridized carbons (Fsp3) is 0.200.